The van der Waals surface area contributed by atoms with Crippen LogP contribution in [-0.4, -0.2) is 5.54 Å². The summed E-state index contributed by atoms with van der Waals surface area (Å²) in [6.45, 7) is 11.1. The van der Waals surface area contributed by atoms with Gasteiger partial charge in [-0.25, -0.2) is 0 Å². The van der Waals surface area contributed by atoms with Crippen LogP contribution in [0.1, 0.15) is 41.0 Å². The monoisotopic (exact) mass is 142 g/mol. The predicted octanol–water partition coefficient (Wildman–Crippen LogP) is 2.58. The third kappa shape index (κ3) is 1.72. The Labute approximate surface area is 65.2 Å². The van der Waals surface area contributed by atoms with Crippen molar-refractivity contribution in [1.82, 2.24) is 5.32 Å². The lowest BCUT2D eigenvalue weighted by molar-refractivity contribution is 0.164. The highest BCUT2D eigenvalue weighted by atomic mass is 14.9. The maximum atomic E-state index is 3.72. The van der Waals surface area contributed by atoms with Crippen LogP contribution in [0.5, 0.6) is 0 Å². The van der Waals surface area contributed by atoms with Gasteiger partial charge in [-0.3, -0.25) is 0 Å². The van der Waals surface area contributed by atoms with Crippen molar-refractivity contribution in [3.05, 3.63) is 7.05 Å². The van der Waals surface area contributed by atoms with E-state index in [-0.39, 0.29) is 5.54 Å². The topological polar surface area (TPSA) is 12.0 Å². The lowest BCUT2D eigenvalue weighted by Gasteiger charge is -2.40. The van der Waals surface area contributed by atoms with Gasteiger partial charge in [0.1, 0.15) is 0 Å². The molecule has 0 heterocycles. The van der Waals surface area contributed by atoms with Gasteiger partial charge in [0.25, 0.3) is 0 Å². The molecule has 0 aliphatic carbocycles. The molecule has 0 aromatic heterocycles. The average Bonchev–Trinajstić information content (AvgIpc) is 1.88. The van der Waals surface area contributed by atoms with Crippen molar-refractivity contribution in [2.24, 2.45) is 5.41 Å². The molecule has 0 aromatic carbocycles. The molecular formula is C9H20N. The van der Waals surface area contributed by atoms with Crippen molar-refractivity contribution in [1.29, 1.82) is 0 Å². The largest absolute Gasteiger partial charge is 0.310 e. The van der Waals surface area contributed by atoms with Crippen LogP contribution in [0, 0.1) is 12.5 Å². The molecule has 0 aliphatic heterocycles. The first-order valence-corrected chi connectivity index (χ1v) is 3.91. The van der Waals surface area contributed by atoms with Gasteiger partial charge in [0, 0.05) is 12.6 Å². The SMILES string of the molecule is [CH2]NC(C)(C)C(C)(C)CC. The van der Waals surface area contributed by atoms with Gasteiger partial charge in [0.2, 0.25) is 0 Å². The smallest absolute Gasteiger partial charge is 0.0176 e. The molecule has 0 fully saturated rings. The zero-order valence-electron chi connectivity index (χ0n) is 7.91. The highest BCUT2D eigenvalue weighted by Crippen LogP contribution is 2.33. The lowest BCUT2D eigenvalue weighted by Crippen LogP contribution is -2.48. The first-order valence-electron chi connectivity index (χ1n) is 3.91. The Kier molecular flexibility index (Phi) is 2.90. The van der Waals surface area contributed by atoms with Crippen molar-refractivity contribution in [3.8, 4) is 0 Å². The fourth-order valence-corrected chi connectivity index (χ4v) is 0.681. The minimum atomic E-state index is 0.127. The van der Waals surface area contributed by atoms with Gasteiger partial charge in [-0.15, -0.1) is 0 Å². The summed E-state index contributed by atoms with van der Waals surface area (Å²) in [5.41, 5.74) is 0.441. The van der Waals surface area contributed by atoms with Crippen LogP contribution < -0.4 is 5.32 Å². The minimum absolute atomic E-state index is 0.127. The lowest BCUT2D eigenvalue weighted by atomic mass is 9.73. The molecule has 10 heavy (non-hydrogen) atoms. The third-order valence-electron chi connectivity index (χ3n) is 3.02. The standard InChI is InChI=1S/C9H20N/c1-7-8(2,3)9(4,5)10-6/h10H,6-7H2,1-5H3. The van der Waals surface area contributed by atoms with Crippen LogP contribution in [0.15, 0.2) is 0 Å². The van der Waals surface area contributed by atoms with Gasteiger partial charge < -0.3 is 5.32 Å². The molecule has 1 heteroatoms. The Morgan fingerprint density at radius 2 is 1.60 bits per heavy atom. The predicted molar refractivity (Wildman–Crippen MR) is 46.6 cm³/mol. The quantitative estimate of drug-likeness (QED) is 0.638. The molecule has 0 bridgehead atoms. The van der Waals surface area contributed by atoms with E-state index in [2.05, 4.69) is 47.0 Å². The summed E-state index contributed by atoms with van der Waals surface area (Å²) in [6.07, 6.45) is 1.17. The van der Waals surface area contributed by atoms with Crippen LogP contribution in [-0.2, 0) is 0 Å². The number of hydrogen-bond donors (Lipinski definition) is 1. The van der Waals surface area contributed by atoms with Crippen molar-refractivity contribution in [2.75, 3.05) is 0 Å². The van der Waals surface area contributed by atoms with Gasteiger partial charge in [-0.1, -0.05) is 20.8 Å². The molecule has 61 valence electrons. The van der Waals surface area contributed by atoms with Crippen LogP contribution in [0.2, 0.25) is 0 Å². The molecule has 1 radical (unpaired) electrons. The van der Waals surface area contributed by atoms with Crippen molar-refractivity contribution >= 4 is 0 Å². The molecular weight excluding hydrogens is 122 g/mol. The Morgan fingerprint density at radius 3 is 1.70 bits per heavy atom. The van der Waals surface area contributed by atoms with Gasteiger partial charge in [-0.05, 0) is 25.7 Å². The summed E-state index contributed by atoms with van der Waals surface area (Å²) >= 11 is 0. The van der Waals surface area contributed by atoms with E-state index in [9.17, 15) is 0 Å². The first-order chi connectivity index (χ1) is 4.37. The number of hydrogen-bond acceptors (Lipinski definition) is 1. The van der Waals surface area contributed by atoms with Crippen LogP contribution >= 0.6 is 0 Å². The maximum absolute atomic E-state index is 3.72. The maximum Gasteiger partial charge on any atom is 0.0176 e. The Bertz CT molecular complexity index is 89.3. The summed E-state index contributed by atoms with van der Waals surface area (Å²) < 4.78 is 0. The van der Waals surface area contributed by atoms with E-state index in [1.807, 2.05) is 0 Å². The molecule has 0 saturated carbocycles. The van der Waals surface area contributed by atoms with Crippen molar-refractivity contribution in [3.63, 3.8) is 0 Å². The second kappa shape index (κ2) is 2.91. The summed E-state index contributed by atoms with van der Waals surface area (Å²) in [7, 11) is 3.72. The molecule has 0 rings (SSSR count). The highest BCUT2D eigenvalue weighted by molar-refractivity contribution is 4.91. The molecule has 0 saturated heterocycles. The second-order valence-corrected chi connectivity index (χ2v) is 4.04. The van der Waals surface area contributed by atoms with E-state index in [1.54, 1.807) is 0 Å². The van der Waals surface area contributed by atoms with Crippen molar-refractivity contribution < 1.29 is 0 Å². The van der Waals surface area contributed by atoms with Crippen molar-refractivity contribution in [2.45, 2.75) is 46.6 Å². The van der Waals surface area contributed by atoms with Gasteiger partial charge in [0.15, 0.2) is 0 Å². The van der Waals surface area contributed by atoms with E-state index < -0.39 is 0 Å². The fraction of sp³-hybridized carbons (Fsp3) is 0.889. The zero-order valence-corrected chi connectivity index (χ0v) is 7.91. The van der Waals surface area contributed by atoms with Gasteiger partial charge >= 0.3 is 0 Å². The Hall–Kier alpha value is -0.0400. The molecule has 0 amide bonds. The van der Waals surface area contributed by atoms with E-state index in [4.69, 9.17) is 0 Å². The van der Waals surface area contributed by atoms with Crippen LogP contribution in [0.4, 0.5) is 0 Å². The normalized spacial score (nSPS) is 13.8. The fourth-order valence-electron chi connectivity index (χ4n) is 0.681. The molecule has 0 aliphatic rings. The molecule has 1 nitrogen and oxygen atoms in total. The summed E-state index contributed by atoms with van der Waals surface area (Å²) in [4.78, 5) is 0. The van der Waals surface area contributed by atoms with E-state index >= 15 is 0 Å². The van der Waals surface area contributed by atoms with Gasteiger partial charge in [-0.2, -0.15) is 0 Å². The van der Waals surface area contributed by atoms with Crippen LogP contribution in [0.3, 0.4) is 0 Å². The molecule has 0 atom stereocenters. The minimum Gasteiger partial charge on any atom is -0.310 e. The molecule has 1 N–H and O–H groups in total. The molecule has 0 unspecified atom stereocenters. The van der Waals surface area contributed by atoms with E-state index in [0.29, 0.717) is 5.41 Å². The van der Waals surface area contributed by atoms with Crippen LogP contribution in [0.25, 0.3) is 0 Å². The third-order valence-corrected chi connectivity index (χ3v) is 3.02. The average molecular weight is 142 g/mol. The molecule has 0 spiro atoms. The van der Waals surface area contributed by atoms with Gasteiger partial charge in [0.05, 0.1) is 0 Å². The Balaban J connectivity index is 4.28. The number of rotatable bonds is 3. The zero-order chi connectivity index (χ0) is 8.41. The summed E-state index contributed by atoms with van der Waals surface area (Å²) in [5, 5.41) is 3.08. The summed E-state index contributed by atoms with van der Waals surface area (Å²) in [5.74, 6) is 0. The highest BCUT2D eigenvalue weighted by Gasteiger charge is 2.33. The molecule has 0 aromatic rings. The van der Waals surface area contributed by atoms with E-state index in [0.717, 1.165) is 0 Å². The second-order valence-electron chi connectivity index (χ2n) is 4.04. The van der Waals surface area contributed by atoms with E-state index in [1.165, 1.54) is 6.42 Å². The first kappa shape index (κ1) is 9.96. The number of nitrogens with one attached hydrogen (secondary N) is 1. The Morgan fingerprint density at radius 1 is 1.20 bits per heavy atom. The summed E-state index contributed by atoms with van der Waals surface area (Å²) in [6, 6.07) is 0.